The highest BCUT2D eigenvalue weighted by atomic mass is 16.3. The van der Waals surface area contributed by atoms with E-state index in [0.29, 0.717) is 17.3 Å². The molecule has 0 spiro atoms. The highest BCUT2D eigenvalue weighted by molar-refractivity contribution is 6.04. The van der Waals surface area contributed by atoms with Crippen molar-refractivity contribution in [2.45, 2.75) is 45.2 Å². The minimum atomic E-state index is -0.182. The third kappa shape index (κ3) is 2.48. The summed E-state index contributed by atoms with van der Waals surface area (Å²) >= 11 is 0. The molecule has 0 radical (unpaired) electrons. The van der Waals surface area contributed by atoms with Gasteiger partial charge >= 0.3 is 0 Å². The Morgan fingerprint density at radius 2 is 2.29 bits per heavy atom. The maximum atomic E-state index is 12.7. The van der Waals surface area contributed by atoms with Crippen LogP contribution in [-0.2, 0) is 6.42 Å². The number of hydrogen-bond donors (Lipinski definition) is 1. The highest BCUT2D eigenvalue weighted by Crippen LogP contribution is 2.30. The van der Waals surface area contributed by atoms with E-state index in [0.717, 1.165) is 30.3 Å². The van der Waals surface area contributed by atoms with E-state index in [1.807, 2.05) is 4.68 Å². The lowest BCUT2D eigenvalue weighted by molar-refractivity contribution is 0.0928. The molecule has 3 heterocycles. The summed E-state index contributed by atoms with van der Waals surface area (Å²) in [5.74, 6) is -0.182. The van der Waals surface area contributed by atoms with E-state index in [4.69, 9.17) is 9.52 Å². The number of pyridine rings is 1. The fourth-order valence-corrected chi connectivity index (χ4v) is 3.27. The molecule has 24 heavy (non-hydrogen) atoms. The zero-order valence-corrected chi connectivity index (χ0v) is 13.8. The molecule has 1 atom stereocenters. The van der Waals surface area contributed by atoms with Crippen molar-refractivity contribution in [1.29, 1.82) is 0 Å². The van der Waals surface area contributed by atoms with Crippen LogP contribution in [0.15, 0.2) is 35.2 Å². The minimum Gasteiger partial charge on any atom is -0.464 e. The Labute approximate surface area is 139 Å². The lowest BCUT2D eigenvalue weighted by Gasteiger charge is -2.22. The Morgan fingerprint density at radius 3 is 3.12 bits per heavy atom. The Balaban J connectivity index is 1.62. The van der Waals surface area contributed by atoms with Gasteiger partial charge in [0.15, 0.2) is 0 Å². The van der Waals surface area contributed by atoms with Crippen LogP contribution in [-0.4, -0.2) is 20.7 Å². The van der Waals surface area contributed by atoms with Crippen LogP contribution in [0.25, 0.3) is 11.0 Å². The lowest BCUT2D eigenvalue weighted by Crippen LogP contribution is -2.31. The van der Waals surface area contributed by atoms with Gasteiger partial charge in [0, 0.05) is 18.4 Å². The van der Waals surface area contributed by atoms with Gasteiger partial charge in [-0.05, 0) is 50.8 Å². The van der Waals surface area contributed by atoms with Gasteiger partial charge in [-0.1, -0.05) is 0 Å². The molecule has 124 valence electrons. The molecule has 3 aromatic heterocycles. The number of carbonyl (C=O) groups is 1. The molecule has 6 heteroatoms. The van der Waals surface area contributed by atoms with E-state index < -0.39 is 0 Å². The molecular formula is C18H20N4O2. The van der Waals surface area contributed by atoms with Crippen LogP contribution in [0, 0.1) is 0 Å². The summed E-state index contributed by atoms with van der Waals surface area (Å²) in [6, 6.07) is 3.78. The molecule has 1 unspecified atom stereocenters. The topological polar surface area (TPSA) is 73.0 Å². The summed E-state index contributed by atoms with van der Waals surface area (Å²) in [4.78, 5) is 17.0. The van der Waals surface area contributed by atoms with Crippen LogP contribution in [0.2, 0.25) is 0 Å². The fourth-order valence-electron chi connectivity index (χ4n) is 3.27. The van der Waals surface area contributed by atoms with Crippen molar-refractivity contribution >= 4 is 16.9 Å². The maximum absolute atomic E-state index is 12.7. The summed E-state index contributed by atoms with van der Waals surface area (Å²) in [7, 11) is 0. The van der Waals surface area contributed by atoms with Gasteiger partial charge < -0.3 is 9.73 Å². The van der Waals surface area contributed by atoms with E-state index in [1.54, 1.807) is 24.6 Å². The SMILES string of the molecule is CC(C)n1cc2c(n1)C(NC(=O)c1nccc3occc13)CCC2. The number of aromatic nitrogens is 3. The first-order chi connectivity index (χ1) is 11.6. The number of aryl methyl sites for hydroxylation is 1. The van der Waals surface area contributed by atoms with E-state index in [-0.39, 0.29) is 11.9 Å². The lowest BCUT2D eigenvalue weighted by atomic mass is 9.93. The van der Waals surface area contributed by atoms with Crippen molar-refractivity contribution in [3.63, 3.8) is 0 Å². The molecule has 1 aliphatic rings. The van der Waals surface area contributed by atoms with Crippen molar-refractivity contribution in [2.75, 3.05) is 0 Å². The smallest absolute Gasteiger partial charge is 0.271 e. The molecule has 4 rings (SSSR count). The summed E-state index contributed by atoms with van der Waals surface area (Å²) in [6.07, 6.45) is 8.24. The van der Waals surface area contributed by atoms with Gasteiger partial charge in [0.05, 0.1) is 23.4 Å². The van der Waals surface area contributed by atoms with Gasteiger partial charge in [0.1, 0.15) is 11.3 Å². The Morgan fingerprint density at radius 1 is 1.42 bits per heavy atom. The van der Waals surface area contributed by atoms with Crippen LogP contribution in [0.5, 0.6) is 0 Å². The van der Waals surface area contributed by atoms with Crippen molar-refractivity contribution in [1.82, 2.24) is 20.1 Å². The molecule has 0 aliphatic heterocycles. The molecule has 1 amide bonds. The summed E-state index contributed by atoms with van der Waals surface area (Å²) < 4.78 is 7.33. The fraction of sp³-hybridized carbons (Fsp3) is 0.389. The van der Waals surface area contributed by atoms with E-state index in [2.05, 4.69) is 30.3 Å². The van der Waals surface area contributed by atoms with Gasteiger partial charge in [0.2, 0.25) is 0 Å². The van der Waals surface area contributed by atoms with E-state index >= 15 is 0 Å². The largest absolute Gasteiger partial charge is 0.464 e. The van der Waals surface area contributed by atoms with Gasteiger partial charge in [-0.15, -0.1) is 0 Å². The summed E-state index contributed by atoms with van der Waals surface area (Å²) in [6.45, 7) is 4.21. The van der Waals surface area contributed by atoms with Crippen LogP contribution in [0.4, 0.5) is 0 Å². The normalized spacial score (nSPS) is 17.2. The standard InChI is InChI=1S/C18H20N4O2/c1-11(2)22-10-12-4-3-5-14(16(12)21-22)20-18(23)17-13-7-9-24-15(13)6-8-19-17/h6-11,14H,3-5H2,1-2H3,(H,20,23). The van der Waals surface area contributed by atoms with E-state index in [9.17, 15) is 4.79 Å². The second-order valence-corrected chi connectivity index (χ2v) is 6.52. The molecule has 0 bridgehead atoms. The molecule has 0 saturated heterocycles. The highest BCUT2D eigenvalue weighted by Gasteiger charge is 2.27. The molecule has 6 nitrogen and oxygen atoms in total. The van der Waals surface area contributed by atoms with Gasteiger partial charge in [-0.3, -0.25) is 14.5 Å². The Kier molecular flexibility index (Phi) is 3.59. The number of rotatable bonds is 3. The zero-order valence-electron chi connectivity index (χ0n) is 13.8. The predicted octanol–water partition coefficient (Wildman–Crippen LogP) is 3.41. The number of nitrogens with one attached hydrogen (secondary N) is 1. The Hall–Kier alpha value is -2.63. The first-order valence-electron chi connectivity index (χ1n) is 8.34. The first-order valence-corrected chi connectivity index (χ1v) is 8.34. The van der Waals surface area contributed by atoms with Crippen molar-refractivity contribution in [2.24, 2.45) is 0 Å². The average Bonchev–Trinajstić information content (AvgIpc) is 3.21. The zero-order chi connectivity index (χ0) is 16.7. The van der Waals surface area contributed by atoms with Crippen molar-refractivity contribution in [3.8, 4) is 0 Å². The number of fused-ring (bicyclic) bond motifs is 2. The van der Waals surface area contributed by atoms with Crippen molar-refractivity contribution < 1.29 is 9.21 Å². The monoisotopic (exact) mass is 324 g/mol. The number of carbonyl (C=O) groups excluding carboxylic acids is 1. The molecule has 3 aromatic rings. The van der Waals surface area contributed by atoms with Crippen molar-refractivity contribution in [3.05, 3.63) is 47.7 Å². The van der Waals surface area contributed by atoms with Gasteiger partial charge in [-0.25, -0.2) is 0 Å². The second kappa shape index (κ2) is 5.78. The quantitative estimate of drug-likeness (QED) is 0.801. The second-order valence-electron chi connectivity index (χ2n) is 6.52. The molecule has 0 fully saturated rings. The third-order valence-electron chi connectivity index (χ3n) is 4.54. The van der Waals surface area contributed by atoms with Crippen LogP contribution in [0.1, 0.15) is 60.5 Å². The minimum absolute atomic E-state index is 0.0646. The van der Waals surface area contributed by atoms with Gasteiger partial charge in [0.25, 0.3) is 5.91 Å². The van der Waals surface area contributed by atoms with Crippen LogP contribution >= 0.6 is 0 Å². The first kappa shape index (κ1) is 14.9. The van der Waals surface area contributed by atoms with Crippen LogP contribution < -0.4 is 5.32 Å². The number of nitrogens with zero attached hydrogens (tertiary/aromatic N) is 3. The Bertz CT molecular complexity index is 893. The summed E-state index contributed by atoms with van der Waals surface area (Å²) in [5.41, 5.74) is 3.29. The molecule has 1 N–H and O–H groups in total. The van der Waals surface area contributed by atoms with Crippen LogP contribution in [0.3, 0.4) is 0 Å². The average molecular weight is 324 g/mol. The summed E-state index contributed by atoms with van der Waals surface area (Å²) in [5, 5.41) is 8.54. The molecule has 0 saturated carbocycles. The van der Waals surface area contributed by atoms with Gasteiger partial charge in [-0.2, -0.15) is 5.10 Å². The third-order valence-corrected chi connectivity index (χ3v) is 4.54. The molecule has 1 aliphatic carbocycles. The maximum Gasteiger partial charge on any atom is 0.271 e. The van der Waals surface area contributed by atoms with E-state index in [1.165, 1.54) is 5.56 Å². The molecule has 0 aromatic carbocycles. The number of hydrogen-bond acceptors (Lipinski definition) is 4. The number of furan rings is 1. The predicted molar refractivity (Wildman–Crippen MR) is 89.8 cm³/mol. The number of amides is 1. The molecular weight excluding hydrogens is 304 g/mol.